The van der Waals surface area contributed by atoms with Crippen LogP contribution in [0.5, 0.6) is 5.75 Å². The molecule has 1 amide bonds. The van der Waals surface area contributed by atoms with E-state index in [1.165, 1.54) is 25.3 Å². The van der Waals surface area contributed by atoms with Gasteiger partial charge in [-0.15, -0.1) is 0 Å². The Morgan fingerprint density at radius 3 is 2.65 bits per heavy atom. The molecule has 4 rings (SSSR count). The maximum absolute atomic E-state index is 13.3. The lowest BCUT2D eigenvalue weighted by Crippen LogP contribution is -2.53. The van der Waals surface area contributed by atoms with E-state index in [1.807, 2.05) is 0 Å². The Labute approximate surface area is 196 Å². The summed E-state index contributed by atoms with van der Waals surface area (Å²) in [6.07, 6.45) is 0.582. The van der Waals surface area contributed by atoms with Crippen molar-refractivity contribution in [2.75, 3.05) is 25.5 Å². The van der Waals surface area contributed by atoms with Crippen LogP contribution in [-0.2, 0) is 24.3 Å². The van der Waals surface area contributed by atoms with Gasteiger partial charge in [-0.3, -0.25) is 14.3 Å². The Morgan fingerprint density at radius 2 is 1.94 bits per heavy atom. The molecule has 0 radical (unpaired) electrons. The molecular weight excluding hydrogens is 467 g/mol. The van der Waals surface area contributed by atoms with Crippen LogP contribution in [0.1, 0.15) is 29.6 Å². The van der Waals surface area contributed by atoms with Gasteiger partial charge in [0.1, 0.15) is 24.3 Å². The number of sulfonamides is 1. The molecule has 0 spiro atoms. The molecule has 2 aromatic carbocycles. The van der Waals surface area contributed by atoms with E-state index < -0.39 is 21.9 Å². The highest BCUT2D eigenvalue weighted by atomic mass is 32.2. The molecule has 0 saturated carbocycles. The molecule has 1 N–H and O–H groups in total. The lowest BCUT2D eigenvalue weighted by Gasteiger charge is -2.42. The van der Waals surface area contributed by atoms with Gasteiger partial charge in [-0.05, 0) is 55.3 Å². The lowest BCUT2D eigenvalue weighted by atomic mass is 9.94. The number of fused-ring (bicyclic) bond motifs is 2. The van der Waals surface area contributed by atoms with Gasteiger partial charge in [-0.2, -0.15) is 0 Å². The standard InChI is InChI=1S/C23H25FN2O7S/c1-26-19-9-6-16(12-22(27)31-2)33-21(19)13-32-20-10-5-15(11-18(20)23(26)28)25-34(29,30)17-7-3-14(24)4-8-17/h3-5,7-8,10-11,16,19,21,25H,6,9,12-13H2,1-2H3/t16-,19+,21-/m1/s1. The number of carbonyl (C=O) groups is 2. The molecule has 2 aliphatic heterocycles. The number of hydrogen-bond acceptors (Lipinski definition) is 7. The number of nitrogens with one attached hydrogen (secondary N) is 1. The molecule has 1 fully saturated rings. The highest BCUT2D eigenvalue weighted by Gasteiger charge is 2.39. The third-order valence-electron chi connectivity index (χ3n) is 6.01. The van der Waals surface area contributed by atoms with Crippen molar-refractivity contribution in [2.45, 2.75) is 42.4 Å². The summed E-state index contributed by atoms with van der Waals surface area (Å²) in [6.45, 7) is 0.160. The van der Waals surface area contributed by atoms with E-state index >= 15 is 0 Å². The van der Waals surface area contributed by atoms with Crippen molar-refractivity contribution in [3.8, 4) is 5.75 Å². The molecule has 9 nitrogen and oxygen atoms in total. The van der Waals surface area contributed by atoms with E-state index in [-0.39, 0.29) is 53.2 Å². The first kappa shape index (κ1) is 24.0. The van der Waals surface area contributed by atoms with Crippen LogP contribution in [0.2, 0.25) is 0 Å². The van der Waals surface area contributed by atoms with Crippen molar-refractivity contribution in [3.63, 3.8) is 0 Å². The third-order valence-corrected chi connectivity index (χ3v) is 7.41. The molecule has 11 heteroatoms. The van der Waals surface area contributed by atoms with E-state index in [1.54, 1.807) is 11.9 Å². The summed E-state index contributed by atoms with van der Waals surface area (Å²) in [7, 11) is -0.997. The highest BCUT2D eigenvalue weighted by Crippen LogP contribution is 2.33. The zero-order valence-electron chi connectivity index (χ0n) is 18.7. The Hall–Kier alpha value is -3.18. The Kier molecular flexibility index (Phi) is 6.76. The summed E-state index contributed by atoms with van der Waals surface area (Å²) < 4.78 is 57.5. The van der Waals surface area contributed by atoms with Crippen LogP contribution in [0.15, 0.2) is 47.4 Å². The molecule has 2 aliphatic rings. The van der Waals surface area contributed by atoms with Crippen LogP contribution in [0, 0.1) is 5.82 Å². The van der Waals surface area contributed by atoms with E-state index in [9.17, 15) is 22.4 Å². The fourth-order valence-corrected chi connectivity index (χ4v) is 5.24. The van der Waals surface area contributed by atoms with Crippen molar-refractivity contribution in [1.82, 2.24) is 4.90 Å². The number of rotatable bonds is 5. The molecule has 2 aromatic rings. The highest BCUT2D eigenvalue weighted by molar-refractivity contribution is 7.92. The Morgan fingerprint density at radius 1 is 1.21 bits per heavy atom. The minimum atomic E-state index is -3.98. The molecule has 0 aromatic heterocycles. The molecule has 0 bridgehead atoms. The van der Waals surface area contributed by atoms with Gasteiger partial charge in [0, 0.05) is 12.7 Å². The Bertz CT molecular complexity index is 1190. The van der Waals surface area contributed by atoms with Crippen LogP contribution >= 0.6 is 0 Å². The number of halogens is 1. The number of esters is 1. The molecule has 182 valence electrons. The maximum Gasteiger partial charge on any atom is 0.308 e. The van der Waals surface area contributed by atoms with Crippen LogP contribution < -0.4 is 9.46 Å². The summed E-state index contributed by atoms with van der Waals surface area (Å²) in [5, 5.41) is 0. The average Bonchev–Trinajstić information content (AvgIpc) is 2.81. The summed E-state index contributed by atoms with van der Waals surface area (Å²) >= 11 is 0. The van der Waals surface area contributed by atoms with Gasteiger partial charge in [-0.25, -0.2) is 12.8 Å². The number of methoxy groups -OCH3 is 1. The Balaban J connectivity index is 1.55. The van der Waals surface area contributed by atoms with Crippen LogP contribution in [0.3, 0.4) is 0 Å². The van der Waals surface area contributed by atoms with E-state index in [0.717, 1.165) is 24.3 Å². The predicted octanol–water partition coefficient (Wildman–Crippen LogP) is 2.57. The lowest BCUT2D eigenvalue weighted by molar-refractivity contribution is -0.151. The predicted molar refractivity (Wildman–Crippen MR) is 120 cm³/mol. The van der Waals surface area contributed by atoms with E-state index in [2.05, 4.69) is 4.72 Å². The summed E-state index contributed by atoms with van der Waals surface area (Å²) in [5.41, 5.74) is 0.375. The summed E-state index contributed by atoms with van der Waals surface area (Å²) in [6, 6.07) is 8.56. The molecule has 2 heterocycles. The SMILES string of the molecule is COC(=O)C[C@H]1CC[C@H]2[C@@H](COc3ccc(NS(=O)(=O)c4ccc(F)cc4)cc3C(=O)N2C)O1. The number of hydrogen-bond donors (Lipinski definition) is 1. The fraction of sp³-hybridized carbons (Fsp3) is 0.391. The second kappa shape index (κ2) is 9.59. The second-order valence-electron chi connectivity index (χ2n) is 8.22. The van der Waals surface area contributed by atoms with Gasteiger partial charge in [0.05, 0.1) is 36.1 Å². The number of likely N-dealkylation sites (N-methyl/N-ethyl adjacent to an activating group) is 1. The first-order chi connectivity index (χ1) is 16.2. The van der Waals surface area contributed by atoms with Gasteiger partial charge >= 0.3 is 5.97 Å². The third kappa shape index (κ3) is 5.00. The van der Waals surface area contributed by atoms with Crippen LogP contribution in [0.25, 0.3) is 0 Å². The van der Waals surface area contributed by atoms with Gasteiger partial charge in [0.25, 0.3) is 15.9 Å². The van der Waals surface area contributed by atoms with Crippen LogP contribution in [-0.4, -0.2) is 64.2 Å². The number of ether oxygens (including phenoxy) is 3. The quantitative estimate of drug-likeness (QED) is 0.639. The first-order valence-electron chi connectivity index (χ1n) is 10.7. The van der Waals surface area contributed by atoms with Gasteiger partial charge < -0.3 is 19.1 Å². The molecular formula is C23H25FN2O7S. The van der Waals surface area contributed by atoms with Crippen molar-refractivity contribution in [3.05, 3.63) is 53.8 Å². The summed E-state index contributed by atoms with van der Waals surface area (Å²) in [5.74, 6) is -0.964. The van der Waals surface area contributed by atoms with Crippen molar-refractivity contribution in [2.24, 2.45) is 0 Å². The molecule has 1 saturated heterocycles. The van der Waals surface area contributed by atoms with Crippen molar-refractivity contribution < 1.29 is 36.6 Å². The smallest absolute Gasteiger partial charge is 0.308 e. The number of amides is 1. The minimum absolute atomic E-state index is 0.107. The molecule has 3 atom stereocenters. The van der Waals surface area contributed by atoms with Crippen LogP contribution in [0.4, 0.5) is 10.1 Å². The largest absolute Gasteiger partial charge is 0.490 e. The van der Waals surface area contributed by atoms with Gasteiger partial charge in [0.2, 0.25) is 0 Å². The number of nitrogens with zero attached hydrogens (tertiary/aromatic N) is 1. The van der Waals surface area contributed by atoms with Crippen molar-refractivity contribution >= 4 is 27.6 Å². The zero-order valence-corrected chi connectivity index (χ0v) is 19.5. The van der Waals surface area contributed by atoms with Gasteiger partial charge in [0.15, 0.2) is 0 Å². The molecule has 0 unspecified atom stereocenters. The maximum atomic E-state index is 13.3. The topological polar surface area (TPSA) is 111 Å². The molecule has 0 aliphatic carbocycles. The first-order valence-corrected chi connectivity index (χ1v) is 12.2. The number of benzene rings is 2. The summed E-state index contributed by atoms with van der Waals surface area (Å²) in [4.78, 5) is 26.3. The van der Waals surface area contributed by atoms with E-state index in [4.69, 9.17) is 14.2 Å². The monoisotopic (exact) mass is 492 g/mol. The molecule has 34 heavy (non-hydrogen) atoms. The second-order valence-corrected chi connectivity index (χ2v) is 9.90. The zero-order chi connectivity index (χ0) is 24.5. The van der Waals surface area contributed by atoms with Crippen molar-refractivity contribution in [1.29, 1.82) is 0 Å². The average molecular weight is 493 g/mol. The minimum Gasteiger partial charge on any atom is -0.490 e. The fourth-order valence-electron chi connectivity index (χ4n) is 4.19. The van der Waals surface area contributed by atoms with E-state index in [0.29, 0.717) is 18.6 Å². The van der Waals surface area contributed by atoms with Gasteiger partial charge in [-0.1, -0.05) is 0 Å². The normalized spacial score (nSPS) is 22.5. The number of anilines is 1. The number of carbonyl (C=O) groups excluding carboxylic acids is 2.